The van der Waals surface area contributed by atoms with Crippen LogP contribution < -0.4 is 0 Å². The number of fused-ring (bicyclic) bond motifs is 1. The average molecular weight is 291 g/mol. The number of pyridine rings is 1. The summed E-state index contributed by atoms with van der Waals surface area (Å²) in [6, 6.07) is 9.56. The van der Waals surface area contributed by atoms with Crippen LogP contribution in [-0.4, -0.2) is 16.0 Å². The van der Waals surface area contributed by atoms with Crippen molar-refractivity contribution >= 4 is 10.9 Å². The van der Waals surface area contributed by atoms with E-state index in [0.717, 1.165) is 22.2 Å². The molecule has 0 aliphatic heterocycles. The second-order valence-corrected chi connectivity index (χ2v) is 6.04. The standard InChI is InChI=1S/C17H19F2NO/c1-11-2-3-13-10-14(4-5-15(13)20-11)16(21)12-6-8-17(18,19)9-7-12/h2-5,10,12,16,21H,6-9H2,1H3. The van der Waals surface area contributed by atoms with Crippen molar-refractivity contribution in [3.05, 3.63) is 41.6 Å². The van der Waals surface area contributed by atoms with Gasteiger partial charge in [0.05, 0.1) is 11.6 Å². The Morgan fingerprint density at radius 3 is 2.62 bits per heavy atom. The van der Waals surface area contributed by atoms with Crippen LogP contribution in [0.5, 0.6) is 0 Å². The maximum Gasteiger partial charge on any atom is 0.248 e. The first kappa shape index (κ1) is 14.4. The number of hydrogen-bond acceptors (Lipinski definition) is 2. The van der Waals surface area contributed by atoms with Gasteiger partial charge >= 0.3 is 0 Å². The Labute approximate surface area is 122 Å². The number of alkyl halides is 2. The summed E-state index contributed by atoms with van der Waals surface area (Å²) in [4.78, 5) is 4.43. The number of aliphatic hydroxyl groups is 1. The van der Waals surface area contributed by atoms with E-state index in [4.69, 9.17) is 0 Å². The second kappa shape index (κ2) is 5.34. The third kappa shape index (κ3) is 3.05. The van der Waals surface area contributed by atoms with E-state index in [1.54, 1.807) is 0 Å². The first-order chi connectivity index (χ1) is 9.94. The Bertz CT molecular complexity index is 646. The summed E-state index contributed by atoms with van der Waals surface area (Å²) in [6.07, 6.45) is -0.171. The highest BCUT2D eigenvalue weighted by Crippen LogP contribution is 2.41. The molecule has 1 fully saturated rings. The number of rotatable bonds is 2. The van der Waals surface area contributed by atoms with E-state index >= 15 is 0 Å². The zero-order chi connectivity index (χ0) is 15.0. The highest BCUT2D eigenvalue weighted by Gasteiger charge is 2.37. The largest absolute Gasteiger partial charge is 0.388 e. The van der Waals surface area contributed by atoms with E-state index < -0.39 is 12.0 Å². The number of aryl methyl sites for hydroxylation is 1. The van der Waals surface area contributed by atoms with Gasteiger partial charge in [-0.25, -0.2) is 8.78 Å². The number of nitrogens with zero attached hydrogens (tertiary/aromatic N) is 1. The Kier molecular flexibility index (Phi) is 3.66. The fraction of sp³-hybridized carbons (Fsp3) is 0.471. The highest BCUT2D eigenvalue weighted by atomic mass is 19.3. The van der Waals surface area contributed by atoms with Crippen LogP contribution in [0.2, 0.25) is 0 Å². The lowest BCUT2D eigenvalue weighted by molar-refractivity contribution is -0.0627. The number of hydrogen-bond donors (Lipinski definition) is 1. The van der Waals surface area contributed by atoms with Gasteiger partial charge in [0.1, 0.15) is 0 Å². The molecule has 0 bridgehead atoms. The van der Waals surface area contributed by atoms with Crippen LogP contribution in [0.1, 0.15) is 43.0 Å². The normalized spacial score (nSPS) is 20.6. The summed E-state index contributed by atoms with van der Waals surface area (Å²) in [5.41, 5.74) is 2.63. The zero-order valence-corrected chi connectivity index (χ0v) is 12.0. The van der Waals surface area contributed by atoms with Crippen LogP contribution in [-0.2, 0) is 0 Å². The number of benzene rings is 1. The summed E-state index contributed by atoms with van der Waals surface area (Å²) in [5, 5.41) is 11.4. The maximum atomic E-state index is 13.2. The molecule has 1 unspecified atom stereocenters. The summed E-state index contributed by atoms with van der Waals surface area (Å²) < 4.78 is 26.4. The van der Waals surface area contributed by atoms with Crippen molar-refractivity contribution in [2.24, 2.45) is 5.92 Å². The van der Waals surface area contributed by atoms with Crippen molar-refractivity contribution in [3.8, 4) is 0 Å². The molecule has 0 radical (unpaired) electrons. The Morgan fingerprint density at radius 2 is 1.90 bits per heavy atom. The quantitative estimate of drug-likeness (QED) is 0.889. The van der Waals surface area contributed by atoms with Crippen LogP contribution in [0.25, 0.3) is 10.9 Å². The van der Waals surface area contributed by atoms with Gasteiger partial charge in [-0.05, 0) is 49.4 Å². The van der Waals surface area contributed by atoms with Crippen LogP contribution in [0, 0.1) is 12.8 Å². The van der Waals surface area contributed by atoms with Crippen molar-refractivity contribution in [1.29, 1.82) is 0 Å². The van der Waals surface area contributed by atoms with Crippen molar-refractivity contribution < 1.29 is 13.9 Å². The van der Waals surface area contributed by atoms with E-state index in [-0.39, 0.29) is 18.8 Å². The lowest BCUT2D eigenvalue weighted by atomic mass is 9.81. The molecule has 1 aliphatic rings. The van der Waals surface area contributed by atoms with E-state index in [1.807, 2.05) is 37.3 Å². The molecule has 2 aromatic rings. The van der Waals surface area contributed by atoms with Gasteiger partial charge in [0, 0.05) is 23.9 Å². The minimum Gasteiger partial charge on any atom is -0.388 e. The summed E-state index contributed by atoms with van der Waals surface area (Å²) in [7, 11) is 0. The predicted molar refractivity (Wildman–Crippen MR) is 78.3 cm³/mol. The lowest BCUT2D eigenvalue weighted by Gasteiger charge is -2.31. The molecule has 1 saturated carbocycles. The lowest BCUT2D eigenvalue weighted by Crippen LogP contribution is -2.27. The molecule has 1 aromatic carbocycles. The monoisotopic (exact) mass is 291 g/mol. The van der Waals surface area contributed by atoms with Gasteiger partial charge in [-0.2, -0.15) is 0 Å². The topological polar surface area (TPSA) is 33.1 Å². The molecule has 2 nitrogen and oxygen atoms in total. The van der Waals surface area contributed by atoms with Gasteiger partial charge in [-0.1, -0.05) is 12.1 Å². The average Bonchev–Trinajstić information content (AvgIpc) is 2.46. The second-order valence-electron chi connectivity index (χ2n) is 6.04. The van der Waals surface area contributed by atoms with E-state index in [2.05, 4.69) is 4.98 Å². The molecule has 3 rings (SSSR count). The van der Waals surface area contributed by atoms with E-state index in [0.29, 0.717) is 12.8 Å². The van der Waals surface area contributed by atoms with Crippen molar-refractivity contribution in [1.82, 2.24) is 4.98 Å². The first-order valence-electron chi connectivity index (χ1n) is 7.38. The molecule has 1 heterocycles. The highest BCUT2D eigenvalue weighted by molar-refractivity contribution is 5.79. The Hall–Kier alpha value is -1.55. The van der Waals surface area contributed by atoms with Crippen LogP contribution >= 0.6 is 0 Å². The summed E-state index contributed by atoms with van der Waals surface area (Å²) >= 11 is 0. The fourth-order valence-corrected chi connectivity index (χ4v) is 3.08. The minimum absolute atomic E-state index is 0.0829. The Morgan fingerprint density at radius 1 is 1.19 bits per heavy atom. The van der Waals surface area contributed by atoms with Crippen molar-refractivity contribution in [2.75, 3.05) is 0 Å². The van der Waals surface area contributed by atoms with Crippen LogP contribution in [0.15, 0.2) is 30.3 Å². The van der Waals surface area contributed by atoms with Crippen molar-refractivity contribution in [3.63, 3.8) is 0 Å². The number of halogens is 2. The molecule has 1 atom stereocenters. The van der Waals surface area contributed by atoms with Gasteiger partial charge < -0.3 is 5.11 Å². The molecule has 4 heteroatoms. The van der Waals surface area contributed by atoms with E-state index in [9.17, 15) is 13.9 Å². The fourth-order valence-electron chi connectivity index (χ4n) is 3.08. The molecule has 1 aliphatic carbocycles. The smallest absolute Gasteiger partial charge is 0.248 e. The minimum atomic E-state index is -2.55. The van der Waals surface area contributed by atoms with Gasteiger partial charge in [0.2, 0.25) is 5.92 Å². The molecule has 112 valence electrons. The van der Waals surface area contributed by atoms with Gasteiger partial charge in [0.25, 0.3) is 0 Å². The molecule has 0 amide bonds. The van der Waals surface area contributed by atoms with Gasteiger partial charge in [-0.3, -0.25) is 4.98 Å². The molecular formula is C17H19F2NO. The van der Waals surface area contributed by atoms with Gasteiger partial charge in [-0.15, -0.1) is 0 Å². The molecule has 0 saturated heterocycles. The summed E-state index contributed by atoms with van der Waals surface area (Å²) in [6.45, 7) is 1.93. The molecular weight excluding hydrogens is 272 g/mol. The molecule has 1 aromatic heterocycles. The van der Waals surface area contributed by atoms with Crippen molar-refractivity contribution in [2.45, 2.75) is 44.6 Å². The first-order valence-corrected chi connectivity index (χ1v) is 7.38. The van der Waals surface area contributed by atoms with Crippen LogP contribution in [0.4, 0.5) is 8.78 Å². The predicted octanol–water partition coefficient (Wildman–Crippen LogP) is 4.40. The van der Waals surface area contributed by atoms with Gasteiger partial charge in [0.15, 0.2) is 0 Å². The number of aromatic nitrogens is 1. The SMILES string of the molecule is Cc1ccc2cc(C(O)C3CCC(F)(F)CC3)ccc2n1. The Balaban J connectivity index is 1.81. The third-order valence-corrected chi connectivity index (χ3v) is 4.40. The molecule has 1 N–H and O–H groups in total. The van der Waals surface area contributed by atoms with E-state index in [1.165, 1.54) is 0 Å². The molecule has 0 spiro atoms. The van der Waals surface area contributed by atoms with Crippen LogP contribution in [0.3, 0.4) is 0 Å². The number of aliphatic hydroxyl groups excluding tert-OH is 1. The maximum absolute atomic E-state index is 13.2. The molecule has 21 heavy (non-hydrogen) atoms. The zero-order valence-electron chi connectivity index (χ0n) is 12.0. The third-order valence-electron chi connectivity index (χ3n) is 4.40. The summed E-state index contributed by atoms with van der Waals surface area (Å²) in [5.74, 6) is -2.64.